The number of aliphatic hydroxyl groups excluding tert-OH is 2. The van der Waals surface area contributed by atoms with Crippen LogP contribution in [0.3, 0.4) is 0 Å². The predicted molar refractivity (Wildman–Crippen MR) is 109 cm³/mol. The summed E-state index contributed by atoms with van der Waals surface area (Å²) in [7, 11) is 0. The van der Waals surface area contributed by atoms with E-state index < -0.39 is 17.6 Å². The van der Waals surface area contributed by atoms with Crippen LogP contribution in [0.15, 0.2) is 49.3 Å². The molecule has 4 aromatic heterocycles. The fraction of sp³-hybridized carbons (Fsp3) is 0.381. The van der Waals surface area contributed by atoms with Crippen molar-refractivity contribution < 1.29 is 14.9 Å². The van der Waals surface area contributed by atoms with E-state index in [1.165, 1.54) is 6.33 Å². The number of hydrogen-bond acceptors (Lipinski definition) is 7. The molecule has 0 aromatic carbocycles. The molecule has 1 spiro atoms. The van der Waals surface area contributed by atoms with Gasteiger partial charge in [0, 0.05) is 30.2 Å². The van der Waals surface area contributed by atoms with E-state index in [0.29, 0.717) is 30.9 Å². The average Bonchev–Trinajstić information content (AvgIpc) is 3.51. The second-order valence-corrected chi connectivity index (χ2v) is 8.45. The van der Waals surface area contributed by atoms with Crippen LogP contribution in [0.4, 0.5) is 5.82 Å². The smallest absolute Gasteiger partial charge is 0.145 e. The summed E-state index contributed by atoms with van der Waals surface area (Å²) in [6.45, 7) is 0.391. The van der Waals surface area contributed by atoms with E-state index in [9.17, 15) is 10.2 Å². The summed E-state index contributed by atoms with van der Waals surface area (Å²) in [6.07, 6.45) is 8.16. The summed E-state index contributed by atoms with van der Waals surface area (Å²) < 4.78 is 9.98. The van der Waals surface area contributed by atoms with Gasteiger partial charge in [-0.05, 0) is 36.6 Å². The number of aliphatic hydroxyl groups is 2. The zero-order chi connectivity index (χ0) is 20.5. The summed E-state index contributed by atoms with van der Waals surface area (Å²) in [5.41, 5.74) is 7.99. The van der Waals surface area contributed by atoms with Crippen LogP contribution in [0.5, 0.6) is 0 Å². The van der Waals surface area contributed by atoms with Crippen LogP contribution in [-0.2, 0) is 4.74 Å². The first kappa shape index (κ1) is 17.8. The third-order valence-corrected chi connectivity index (χ3v) is 6.82. The monoisotopic (exact) mass is 406 g/mol. The molecule has 1 aliphatic carbocycles. The maximum absolute atomic E-state index is 11.0. The summed E-state index contributed by atoms with van der Waals surface area (Å²) in [4.78, 5) is 12.7. The molecule has 9 heteroatoms. The third kappa shape index (κ3) is 2.43. The molecule has 4 aromatic rings. The first-order valence-electron chi connectivity index (χ1n) is 10.0. The number of aromatic nitrogens is 5. The number of fused-ring (bicyclic) bond motifs is 2. The van der Waals surface area contributed by atoms with Gasteiger partial charge in [-0.15, -0.1) is 0 Å². The van der Waals surface area contributed by atoms with Gasteiger partial charge in [-0.1, -0.05) is 0 Å². The van der Waals surface area contributed by atoms with E-state index in [4.69, 9.17) is 10.5 Å². The van der Waals surface area contributed by atoms with E-state index in [1.54, 1.807) is 6.20 Å². The number of nitrogens with zero attached hydrogens (tertiary/aromatic N) is 5. The average molecular weight is 406 g/mol. The van der Waals surface area contributed by atoms with Crippen molar-refractivity contribution in [2.45, 2.75) is 37.2 Å². The van der Waals surface area contributed by atoms with Crippen LogP contribution in [0, 0.1) is 5.41 Å². The van der Waals surface area contributed by atoms with Gasteiger partial charge in [0.25, 0.3) is 0 Å². The highest BCUT2D eigenvalue weighted by molar-refractivity contribution is 5.86. The van der Waals surface area contributed by atoms with E-state index in [0.717, 1.165) is 16.6 Å². The van der Waals surface area contributed by atoms with Crippen LogP contribution in [0.25, 0.3) is 16.7 Å². The van der Waals surface area contributed by atoms with Crippen molar-refractivity contribution in [3.05, 3.63) is 54.9 Å². The first-order chi connectivity index (χ1) is 14.6. The zero-order valence-electron chi connectivity index (χ0n) is 16.2. The molecular formula is C21H22N6O3. The quantitative estimate of drug-likeness (QED) is 0.461. The molecule has 0 radical (unpaired) electrons. The molecule has 1 aliphatic heterocycles. The van der Waals surface area contributed by atoms with E-state index >= 15 is 0 Å². The molecule has 154 valence electrons. The molecule has 1 saturated heterocycles. The summed E-state index contributed by atoms with van der Waals surface area (Å²) in [5, 5.41) is 22.7. The van der Waals surface area contributed by atoms with Crippen molar-refractivity contribution in [2.75, 3.05) is 12.3 Å². The number of ether oxygens (including phenoxy) is 1. The van der Waals surface area contributed by atoms with Crippen LogP contribution >= 0.6 is 0 Å². The lowest BCUT2D eigenvalue weighted by molar-refractivity contribution is -0.0309. The lowest BCUT2D eigenvalue weighted by Crippen LogP contribution is -2.37. The molecule has 30 heavy (non-hydrogen) atoms. The summed E-state index contributed by atoms with van der Waals surface area (Å²) in [5.74, 6) is 0.403. The Balaban J connectivity index is 1.31. The Bertz CT molecular complexity index is 1250. The van der Waals surface area contributed by atoms with Crippen molar-refractivity contribution >= 4 is 22.5 Å². The van der Waals surface area contributed by atoms with Gasteiger partial charge in [-0.3, -0.25) is 0 Å². The Morgan fingerprint density at radius 1 is 1.10 bits per heavy atom. The zero-order valence-corrected chi connectivity index (χ0v) is 16.2. The van der Waals surface area contributed by atoms with E-state index in [1.807, 2.05) is 45.8 Å². The Morgan fingerprint density at radius 3 is 2.90 bits per heavy atom. The lowest BCUT2D eigenvalue weighted by atomic mass is 9.80. The molecule has 5 atom stereocenters. The van der Waals surface area contributed by atoms with Gasteiger partial charge < -0.3 is 29.7 Å². The molecule has 5 unspecified atom stereocenters. The van der Waals surface area contributed by atoms with Crippen molar-refractivity contribution in [3.63, 3.8) is 0 Å². The van der Waals surface area contributed by atoms with Gasteiger partial charge in [0.1, 0.15) is 29.5 Å². The molecule has 2 aliphatic rings. The minimum Gasteiger partial charge on any atom is -0.390 e. The number of anilines is 1. The SMILES string of the molecule is Nc1ncnc2c1ccn2C1CC2(COC(c3ccn4ccnc4c3)C2)C(O)C1O. The van der Waals surface area contributed by atoms with Gasteiger partial charge in [0.2, 0.25) is 0 Å². The summed E-state index contributed by atoms with van der Waals surface area (Å²) >= 11 is 0. The van der Waals surface area contributed by atoms with Gasteiger partial charge >= 0.3 is 0 Å². The highest BCUT2D eigenvalue weighted by Crippen LogP contribution is 2.54. The highest BCUT2D eigenvalue weighted by atomic mass is 16.5. The highest BCUT2D eigenvalue weighted by Gasteiger charge is 2.57. The minimum absolute atomic E-state index is 0.147. The number of hydrogen-bond donors (Lipinski definition) is 3. The third-order valence-electron chi connectivity index (χ3n) is 6.82. The number of imidazole rings is 1. The Kier molecular flexibility index (Phi) is 3.71. The van der Waals surface area contributed by atoms with Gasteiger partial charge in [-0.2, -0.15) is 0 Å². The van der Waals surface area contributed by atoms with Crippen LogP contribution in [0.2, 0.25) is 0 Å². The molecule has 0 bridgehead atoms. The standard InChI is InChI=1S/C21H22N6O3/c22-19-13-2-5-27(20(13)25-11-24-19)14-8-21(18(29)17(14)28)9-15(30-10-21)12-1-4-26-6-3-23-16(26)7-12/h1-7,11,14-15,17-18,28-29H,8-10H2,(H2,22,24,25). The fourth-order valence-electron chi connectivity index (χ4n) is 5.19. The van der Waals surface area contributed by atoms with E-state index in [-0.39, 0.29) is 12.1 Å². The molecule has 2 fully saturated rings. The molecule has 4 N–H and O–H groups in total. The van der Waals surface area contributed by atoms with Crippen molar-refractivity contribution in [2.24, 2.45) is 5.41 Å². The Labute approximate surface area is 171 Å². The van der Waals surface area contributed by atoms with Crippen LogP contribution in [0.1, 0.15) is 30.6 Å². The van der Waals surface area contributed by atoms with Crippen molar-refractivity contribution in [3.8, 4) is 0 Å². The molecule has 5 heterocycles. The molecule has 6 rings (SSSR count). The lowest BCUT2D eigenvalue weighted by Gasteiger charge is -2.26. The Morgan fingerprint density at radius 2 is 2.00 bits per heavy atom. The second-order valence-electron chi connectivity index (χ2n) is 8.45. The van der Waals surface area contributed by atoms with Crippen LogP contribution in [-0.4, -0.2) is 52.9 Å². The second kappa shape index (κ2) is 6.24. The van der Waals surface area contributed by atoms with Crippen molar-refractivity contribution in [1.29, 1.82) is 0 Å². The Hall–Kier alpha value is -3.01. The van der Waals surface area contributed by atoms with Gasteiger partial charge in [0.05, 0.1) is 30.2 Å². The first-order valence-corrected chi connectivity index (χ1v) is 10.0. The molecule has 0 amide bonds. The maximum Gasteiger partial charge on any atom is 0.145 e. The fourth-order valence-corrected chi connectivity index (χ4v) is 5.19. The number of nitrogen functional groups attached to an aromatic ring is 1. The van der Waals surface area contributed by atoms with Gasteiger partial charge in [-0.25, -0.2) is 15.0 Å². The maximum atomic E-state index is 11.0. The van der Waals surface area contributed by atoms with E-state index in [2.05, 4.69) is 15.0 Å². The largest absolute Gasteiger partial charge is 0.390 e. The molecular weight excluding hydrogens is 384 g/mol. The normalized spacial score (nSPS) is 31.4. The van der Waals surface area contributed by atoms with Crippen LogP contribution < -0.4 is 5.73 Å². The number of rotatable bonds is 2. The molecule has 1 saturated carbocycles. The topological polar surface area (TPSA) is 124 Å². The minimum atomic E-state index is -0.922. The summed E-state index contributed by atoms with van der Waals surface area (Å²) in [6, 6.07) is 5.57. The predicted octanol–water partition coefficient (Wildman–Crippen LogP) is 1.48. The number of pyridine rings is 1. The number of nitrogens with two attached hydrogens (primary N) is 1. The van der Waals surface area contributed by atoms with Gasteiger partial charge in [0.15, 0.2) is 0 Å². The van der Waals surface area contributed by atoms with Crippen molar-refractivity contribution in [1.82, 2.24) is 23.9 Å². The molecule has 9 nitrogen and oxygen atoms in total.